The maximum atomic E-state index is 15.4. The number of rotatable bonds is 16. The van der Waals surface area contributed by atoms with Gasteiger partial charge in [-0.05, 0) is 86.5 Å². The summed E-state index contributed by atoms with van der Waals surface area (Å²) in [6.07, 6.45) is 2.29. The fourth-order valence-corrected chi connectivity index (χ4v) is 8.03. The molecular formula is C46H55FN6O9. The monoisotopic (exact) mass is 854 g/mol. The maximum absolute atomic E-state index is 15.4. The third-order valence-corrected chi connectivity index (χ3v) is 11.6. The van der Waals surface area contributed by atoms with Crippen molar-refractivity contribution in [3.63, 3.8) is 0 Å². The van der Waals surface area contributed by atoms with E-state index in [0.717, 1.165) is 37.6 Å². The average Bonchev–Trinajstić information content (AvgIpc) is 3.27. The van der Waals surface area contributed by atoms with Crippen LogP contribution < -0.4 is 26.3 Å². The number of pyridine rings is 1. The maximum Gasteiger partial charge on any atom is 0.410 e. The predicted octanol–water partition coefficient (Wildman–Crippen LogP) is 6.17. The molecule has 15 nitrogen and oxygen atoms in total. The Labute approximate surface area is 359 Å². The molecule has 2 aliphatic heterocycles. The third-order valence-electron chi connectivity index (χ3n) is 11.6. The Morgan fingerprint density at radius 3 is 2.21 bits per heavy atom. The van der Waals surface area contributed by atoms with Gasteiger partial charge in [0.1, 0.15) is 24.6 Å². The number of benzene rings is 3. The lowest BCUT2D eigenvalue weighted by Gasteiger charge is -2.35. The molecule has 2 saturated heterocycles. The zero-order valence-corrected chi connectivity index (χ0v) is 35.4. The number of fused-ring (bicyclic) bond motifs is 1. The minimum absolute atomic E-state index is 0.0147. The second-order valence-electron chi connectivity index (χ2n) is 16.2. The Morgan fingerprint density at radius 2 is 1.56 bits per heavy atom. The molecule has 0 spiro atoms. The zero-order valence-electron chi connectivity index (χ0n) is 35.4. The fourth-order valence-electron chi connectivity index (χ4n) is 8.03. The Kier molecular flexibility index (Phi) is 15.3. The summed E-state index contributed by atoms with van der Waals surface area (Å²) in [7, 11) is 0. The van der Waals surface area contributed by atoms with Crippen molar-refractivity contribution in [2.45, 2.75) is 72.3 Å². The number of piperazine rings is 1. The highest BCUT2D eigenvalue weighted by molar-refractivity contribution is 5.97. The van der Waals surface area contributed by atoms with Gasteiger partial charge in [-0.1, -0.05) is 56.3 Å². The second-order valence-corrected chi connectivity index (χ2v) is 16.2. The van der Waals surface area contributed by atoms with Crippen LogP contribution in [-0.2, 0) is 38.8 Å². The summed E-state index contributed by atoms with van der Waals surface area (Å²) in [4.78, 5) is 81.0. The number of nitrogens with zero attached hydrogens (tertiary/aromatic N) is 3. The number of ether oxygens (including phenoxy) is 2. The normalized spacial score (nSPS) is 15.5. The van der Waals surface area contributed by atoms with Crippen LogP contribution in [0.2, 0.25) is 0 Å². The largest absolute Gasteiger partial charge is 0.477 e. The number of nitrogens with one attached hydrogen (secondary N) is 3. The summed E-state index contributed by atoms with van der Waals surface area (Å²) in [5.41, 5.74) is 1.52. The van der Waals surface area contributed by atoms with Gasteiger partial charge < -0.3 is 44.9 Å². The number of hydrogen-bond acceptors (Lipinski definition) is 10. The van der Waals surface area contributed by atoms with Crippen molar-refractivity contribution in [3.05, 3.63) is 106 Å². The van der Waals surface area contributed by atoms with E-state index in [1.165, 1.54) is 11.1 Å². The first-order valence-electron chi connectivity index (χ1n) is 21.2. The number of carbonyl (C=O) groups excluding carboxylic acids is 4. The number of aromatic carboxylic acids is 1. The summed E-state index contributed by atoms with van der Waals surface area (Å²) >= 11 is 0. The lowest BCUT2D eigenvalue weighted by atomic mass is 9.83. The van der Waals surface area contributed by atoms with Crippen LogP contribution in [0.1, 0.15) is 67.9 Å². The topological polar surface area (TPSA) is 189 Å². The number of ketones is 1. The van der Waals surface area contributed by atoms with E-state index in [1.807, 2.05) is 44.2 Å². The number of hydrogen-bond donors (Lipinski definition) is 4. The van der Waals surface area contributed by atoms with Gasteiger partial charge in [-0.3, -0.25) is 14.4 Å². The first kappa shape index (κ1) is 45.2. The van der Waals surface area contributed by atoms with Crippen LogP contribution in [0.25, 0.3) is 10.9 Å². The molecule has 6 rings (SSSR count). The molecule has 16 heteroatoms. The van der Waals surface area contributed by atoms with Gasteiger partial charge >= 0.3 is 18.2 Å². The number of Topliss-reactive ketones (excluding diaryl/α,β-unsaturated/α-hetero) is 1. The molecule has 2 aliphatic rings. The standard InChI is InChI=1S/C46H55FN6O9/c1-4-51-26-36(44(57)58)42(55)35-24-37(47)39(25-38(35)51)52-18-20-53(21-19-52)46(60)62-28-32-10-12-34(13-11-32)49-43(56)33(22-30-14-16-48-17-15-30)23-40(54)41(29(2)3)50-45(59)61-27-31-8-6-5-7-9-31/h5-13,24-26,29-30,33,41,48H,4,14-23,27-28H2,1-3H3,(H,49,56)(H,50,59)(H,57,58)/t33-,41+/m1/s1. The number of carbonyl (C=O) groups is 5. The summed E-state index contributed by atoms with van der Waals surface area (Å²) in [6.45, 7) is 8.69. The van der Waals surface area contributed by atoms with E-state index in [2.05, 4.69) is 16.0 Å². The molecule has 4 N–H and O–H groups in total. The van der Waals surface area contributed by atoms with E-state index in [9.17, 15) is 33.9 Å². The molecule has 0 radical (unpaired) electrons. The zero-order chi connectivity index (χ0) is 44.3. The number of piperidine rings is 1. The van der Waals surface area contributed by atoms with Crippen molar-refractivity contribution < 1.29 is 42.9 Å². The molecule has 3 heterocycles. The predicted molar refractivity (Wildman–Crippen MR) is 232 cm³/mol. The van der Waals surface area contributed by atoms with E-state index < -0.39 is 46.9 Å². The first-order valence-corrected chi connectivity index (χ1v) is 21.2. The Bertz CT molecular complexity index is 2290. The van der Waals surface area contributed by atoms with Gasteiger partial charge in [-0.25, -0.2) is 18.8 Å². The number of carboxylic acid groups (broad SMARTS) is 1. The smallest absolute Gasteiger partial charge is 0.410 e. The number of aryl methyl sites for hydroxylation is 1. The van der Waals surface area contributed by atoms with E-state index in [0.29, 0.717) is 42.8 Å². The Balaban J connectivity index is 1.01. The molecule has 0 unspecified atom stereocenters. The molecule has 0 bridgehead atoms. The van der Waals surface area contributed by atoms with Crippen LogP contribution in [0.5, 0.6) is 0 Å². The number of amides is 3. The number of carboxylic acids is 1. The van der Waals surface area contributed by atoms with Crippen molar-refractivity contribution in [1.29, 1.82) is 0 Å². The number of anilines is 2. The van der Waals surface area contributed by atoms with Gasteiger partial charge in [0.05, 0.1) is 17.2 Å². The summed E-state index contributed by atoms with van der Waals surface area (Å²) in [5.74, 6) is -3.17. The van der Waals surface area contributed by atoms with Gasteiger partial charge in [0.15, 0.2) is 5.78 Å². The molecule has 62 heavy (non-hydrogen) atoms. The van der Waals surface area contributed by atoms with Crippen molar-refractivity contribution >= 4 is 52.1 Å². The SMILES string of the molecule is CCn1cc(C(=O)O)c(=O)c2cc(F)c(N3CCN(C(=O)OCc4ccc(NC(=O)[C@@H](CC(=O)[C@@H](NC(=O)OCc5ccccc5)C(C)C)CC5CCNCC5)cc4)CC3)cc21. The molecule has 3 aromatic carbocycles. The van der Waals surface area contributed by atoms with Crippen molar-refractivity contribution in [1.82, 2.24) is 20.1 Å². The van der Waals surface area contributed by atoms with Gasteiger partial charge in [0, 0.05) is 62.3 Å². The van der Waals surface area contributed by atoms with Gasteiger partial charge in [0.2, 0.25) is 11.3 Å². The molecule has 1 aromatic heterocycles. The molecular weight excluding hydrogens is 800 g/mol. The van der Waals surface area contributed by atoms with Gasteiger partial charge in [-0.15, -0.1) is 0 Å². The van der Waals surface area contributed by atoms with Crippen molar-refractivity contribution in [3.8, 4) is 0 Å². The van der Waals surface area contributed by atoms with Crippen LogP contribution >= 0.6 is 0 Å². The second kappa shape index (κ2) is 21.0. The first-order chi connectivity index (χ1) is 29.8. The number of alkyl carbamates (subject to hydrolysis) is 1. The molecule has 2 fully saturated rings. The number of halogens is 1. The summed E-state index contributed by atoms with van der Waals surface area (Å²) in [5, 5.41) is 18.5. The highest BCUT2D eigenvalue weighted by atomic mass is 19.1. The van der Waals surface area contributed by atoms with E-state index in [1.54, 1.807) is 46.7 Å². The summed E-state index contributed by atoms with van der Waals surface area (Å²) < 4.78 is 27.9. The van der Waals surface area contributed by atoms with E-state index >= 15 is 4.39 Å². The van der Waals surface area contributed by atoms with E-state index in [-0.39, 0.29) is 67.3 Å². The highest BCUT2D eigenvalue weighted by Gasteiger charge is 2.32. The average molecular weight is 855 g/mol. The Hall–Kier alpha value is -6.29. The minimum atomic E-state index is -1.38. The van der Waals surface area contributed by atoms with Gasteiger partial charge in [-0.2, -0.15) is 0 Å². The lowest BCUT2D eigenvalue weighted by molar-refractivity contribution is -0.128. The molecule has 0 aliphatic carbocycles. The molecule has 4 aromatic rings. The highest BCUT2D eigenvalue weighted by Crippen LogP contribution is 2.28. The lowest BCUT2D eigenvalue weighted by Crippen LogP contribution is -2.49. The summed E-state index contributed by atoms with van der Waals surface area (Å²) in [6, 6.07) is 17.9. The molecule has 330 valence electrons. The third kappa shape index (κ3) is 11.5. The van der Waals surface area contributed by atoms with Crippen LogP contribution in [-0.4, -0.2) is 89.7 Å². The molecule has 2 atom stereocenters. The molecule has 0 saturated carbocycles. The van der Waals surface area contributed by atoms with E-state index in [4.69, 9.17) is 9.47 Å². The van der Waals surface area contributed by atoms with Gasteiger partial charge in [0.25, 0.3) is 0 Å². The van der Waals surface area contributed by atoms with Crippen LogP contribution in [0, 0.1) is 23.6 Å². The minimum Gasteiger partial charge on any atom is -0.477 e. The quantitative estimate of drug-likeness (QED) is 0.101. The molecule has 3 amide bonds. The number of aromatic nitrogens is 1. The van der Waals surface area contributed by atoms with Crippen LogP contribution in [0.3, 0.4) is 0 Å². The van der Waals surface area contributed by atoms with Crippen molar-refractivity contribution in [2.75, 3.05) is 49.5 Å². The Morgan fingerprint density at radius 1 is 0.903 bits per heavy atom. The fraction of sp³-hybridized carbons (Fsp3) is 0.435. The van der Waals surface area contributed by atoms with Crippen molar-refractivity contribution in [2.24, 2.45) is 17.8 Å². The van der Waals surface area contributed by atoms with Crippen LogP contribution in [0.4, 0.5) is 25.4 Å². The van der Waals surface area contributed by atoms with Crippen LogP contribution in [0.15, 0.2) is 77.7 Å².